The number of nitrogens with zero attached hydrogens (tertiary/aromatic N) is 1. The Hall–Kier alpha value is -1.58. The number of amides is 2. The van der Waals surface area contributed by atoms with Gasteiger partial charge in [0.1, 0.15) is 5.82 Å². The summed E-state index contributed by atoms with van der Waals surface area (Å²) < 4.78 is 13.0. The maximum atomic E-state index is 13.0. The third kappa shape index (κ3) is 2.32. The van der Waals surface area contributed by atoms with Crippen LogP contribution in [0.1, 0.15) is 19.3 Å². The van der Waals surface area contributed by atoms with Crippen LogP contribution in [0.15, 0.2) is 24.3 Å². The highest BCUT2D eigenvalue weighted by atomic mass is 19.1. The Morgan fingerprint density at radius 2 is 2.25 bits per heavy atom. The van der Waals surface area contributed by atoms with Crippen molar-refractivity contribution in [1.29, 1.82) is 0 Å². The highest BCUT2D eigenvalue weighted by Crippen LogP contribution is 2.19. The van der Waals surface area contributed by atoms with Gasteiger partial charge in [-0.3, -0.25) is 4.90 Å². The van der Waals surface area contributed by atoms with Crippen molar-refractivity contribution in [3.05, 3.63) is 30.1 Å². The Morgan fingerprint density at radius 1 is 1.50 bits per heavy atom. The van der Waals surface area contributed by atoms with Crippen molar-refractivity contribution in [2.75, 3.05) is 11.9 Å². The van der Waals surface area contributed by atoms with Crippen LogP contribution in [0.5, 0.6) is 0 Å². The molecule has 1 aromatic rings. The first-order chi connectivity index (χ1) is 7.66. The number of hydrogen-bond acceptors (Lipinski definition) is 1. The van der Waals surface area contributed by atoms with Crippen molar-refractivity contribution in [3.63, 3.8) is 0 Å². The fourth-order valence-electron chi connectivity index (χ4n) is 1.63. The topological polar surface area (TPSA) is 32.3 Å². The molecule has 1 aromatic carbocycles. The van der Waals surface area contributed by atoms with Crippen LogP contribution in [0, 0.1) is 5.82 Å². The maximum absolute atomic E-state index is 13.0. The lowest BCUT2D eigenvalue weighted by atomic mass is 9.93. The van der Waals surface area contributed by atoms with Gasteiger partial charge in [-0.25, -0.2) is 9.18 Å². The van der Waals surface area contributed by atoms with Gasteiger partial charge >= 0.3 is 6.03 Å². The summed E-state index contributed by atoms with van der Waals surface area (Å²) in [7, 11) is 1.64. The zero-order valence-electron chi connectivity index (χ0n) is 9.24. The summed E-state index contributed by atoms with van der Waals surface area (Å²) in [4.78, 5) is 13.2. The van der Waals surface area contributed by atoms with Gasteiger partial charge in [0.15, 0.2) is 0 Å². The molecule has 0 radical (unpaired) electrons. The highest BCUT2D eigenvalue weighted by molar-refractivity contribution is 5.91. The number of halogens is 1. The third-order valence-corrected chi connectivity index (χ3v) is 2.93. The number of rotatable bonds is 2. The van der Waals surface area contributed by atoms with Gasteiger partial charge < -0.3 is 5.32 Å². The zero-order valence-corrected chi connectivity index (χ0v) is 9.24. The van der Waals surface area contributed by atoms with Crippen molar-refractivity contribution in [3.8, 4) is 0 Å². The smallest absolute Gasteiger partial charge is 0.321 e. The minimum absolute atomic E-state index is 0.171. The molecule has 0 aromatic heterocycles. The lowest BCUT2D eigenvalue weighted by molar-refractivity contribution is 0.235. The number of urea groups is 1. The van der Waals surface area contributed by atoms with Crippen LogP contribution in [0.2, 0.25) is 0 Å². The summed E-state index contributed by atoms with van der Waals surface area (Å²) in [5.74, 6) is -0.333. The van der Waals surface area contributed by atoms with Crippen LogP contribution in [-0.2, 0) is 0 Å². The van der Waals surface area contributed by atoms with Gasteiger partial charge in [-0.15, -0.1) is 0 Å². The predicted molar refractivity (Wildman–Crippen MR) is 61.0 cm³/mol. The van der Waals surface area contributed by atoms with Crippen LogP contribution in [-0.4, -0.2) is 19.1 Å². The van der Waals surface area contributed by atoms with Gasteiger partial charge in [0.2, 0.25) is 0 Å². The summed E-state index contributed by atoms with van der Waals surface area (Å²) in [5, 5.41) is 2.90. The largest absolute Gasteiger partial charge is 0.335 e. The molecule has 0 saturated heterocycles. The van der Waals surface area contributed by atoms with E-state index < -0.39 is 0 Å². The van der Waals surface area contributed by atoms with Crippen molar-refractivity contribution < 1.29 is 9.18 Å². The number of benzene rings is 1. The summed E-state index contributed by atoms with van der Waals surface area (Å²) in [6.45, 7) is 0. The monoisotopic (exact) mass is 222 g/mol. The second-order valence-electron chi connectivity index (χ2n) is 4.12. The van der Waals surface area contributed by atoms with Crippen LogP contribution in [0.4, 0.5) is 14.9 Å². The molecule has 2 rings (SSSR count). The van der Waals surface area contributed by atoms with Crippen molar-refractivity contribution in [1.82, 2.24) is 5.32 Å². The summed E-state index contributed by atoms with van der Waals surface area (Å²) >= 11 is 0. The first-order valence-corrected chi connectivity index (χ1v) is 5.46. The van der Waals surface area contributed by atoms with Crippen LogP contribution < -0.4 is 10.2 Å². The standard InChI is InChI=1S/C12H15FN2O/c1-15(11-7-2-4-9(13)8-11)12(16)14-10-5-3-6-10/h2,4,7-8,10H,3,5-6H2,1H3,(H,14,16). The Kier molecular flexibility index (Phi) is 3.08. The lowest BCUT2D eigenvalue weighted by Gasteiger charge is -2.29. The summed E-state index contributed by atoms with van der Waals surface area (Å²) in [6, 6.07) is 6.14. The molecule has 0 bridgehead atoms. The minimum Gasteiger partial charge on any atom is -0.335 e. The number of nitrogens with one attached hydrogen (secondary N) is 1. The Labute approximate surface area is 94.3 Å². The normalized spacial score (nSPS) is 15.4. The average molecular weight is 222 g/mol. The van der Waals surface area contributed by atoms with E-state index in [0.717, 1.165) is 12.8 Å². The van der Waals surface area contributed by atoms with E-state index in [1.807, 2.05) is 0 Å². The van der Waals surface area contributed by atoms with E-state index in [2.05, 4.69) is 5.32 Å². The number of carbonyl (C=O) groups is 1. The van der Waals surface area contributed by atoms with E-state index in [1.165, 1.54) is 23.5 Å². The average Bonchev–Trinajstić information content (AvgIpc) is 2.22. The number of hydrogen-bond donors (Lipinski definition) is 1. The summed E-state index contributed by atoms with van der Waals surface area (Å²) in [5.41, 5.74) is 0.567. The van der Waals surface area contributed by atoms with E-state index in [0.29, 0.717) is 11.7 Å². The molecule has 1 saturated carbocycles. The molecule has 2 amide bonds. The van der Waals surface area contributed by atoms with Gasteiger partial charge in [-0.2, -0.15) is 0 Å². The Bertz CT molecular complexity index is 390. The molecule has 0 heterocycles. The van der Waals surface area contributed by atoms with Gasteiger partial charge in [0.05, 0.1) is 0 Å². The van der Waals surface area contributed by atoms with Gasteiger partial charge in [-0.05, 0) is 37.5 Å². The van der Waals surface area contributed by atoms with Gasteiger partial charge in [0.25, 0.3) is 0 Å². The second-order valence-corrected chi connectivity index (χ2v) is 4.12. The number of carbonyl (C=O) groups excluding carboxylic acids is 1. The molecule has 1 fully saturated rings. The maximum Gasteiger partial charge on any atom is 0.321 e. The number of anilines is 1. The summed E-state index contributed by atoms with van der Waals surface area (Å²) in [6.07, 6.45) is 3.26. The SMILES string of the molecule is CN(C(=O)NC1CCC1)c1cccc(F)c1. The molecular weight excluding hydrogens is 207 g/mol. The molecule has 0 unspecified atom stereocenters. The minimum atomic E-state index is -0.333. The van der Waals surface area contributed by atoms with E-state index in [4.69, 9.17) is 0 Å². The van der Waals surface area contributed by atoms with E-state index in [1.54, 1.807) is 19.2 Å². The van der Waals surface area contributed by atoms with Crippen LogP contribution in [0.25, 0.3) is 0 Å². The molecule has 4 heteroatoms. The fourth-order valence-corrected chi connectivity index (χ4v) is 1.63. The third-order valence-electron chi connectivity index (χ3n) is 2.93. The fraction of sp³-hybridized carbons (Fsp3) is 0.417. The quantitative estimate of drug-likeness (QED) is 0.819. The molecule has 3 nitrogen and oxygen atoms in total. The first kappa shape index (κ1) is 10.9. The van der Waals surface area contributed by atoms with E-state index in [-0.39, 0.29) is 11.8 Å². The molecule has 0 spiro atoms. The molecule has 1 N–H and O–H groups in total. The predicted octanol–water partition coefficient (Wildman–Crippen LogP) is 2.52. The van der Waals surface area contributed by atoms with Crippen LogP contribution in [0.3, 0.4) is 0 Å². The van der Waals surface area contributed by atoms with Crippen molar-refractivity contribution >= 4 is 11.7 Å². The van der Waals surface area contributed by atoms with Crippen LogP contribution >= 0.6 is 0 Å². The molecule has 1 aliphatic rings. The van der Waals surface area contributed by atoms with Crippen molar-refractivity contribution in [2.45, 2.75) is 25.3 Å². The van der Waals surface area contributed by atoms with Crippen molar-refractivity contribution in [2.24, 2.45) is 0 Å². The van der Waals surface area contributed by atoms with Gasteiger partial charge in [0, 0.05) is 18.8 Å². The lowest BCUT2D eigenvalue weighted by Crippen LogP contribution is -2.46. The molecule has 0 atom stereocenters. The first-order valence-electron chi connectivity index (χ1n) is 5.46. The van der Waals surface area contributed by atoms with E-state index in [9.17, 15) is 9.18 Å². The van der Waals surface area contributed by atoms with Gasteiger partial charge in [-0.1, -0.05) is 6.07 Å². The van der Waals surface area contributed by atoms with E-state index >= 15 is 0 Å². The molecule has 86 valence electrons. The zero-order chi connectivity index (χ0) is 11.5. The molecule has 16 heavy (non-hydrogen) atoms. The molecule has 0 aliphatic heterocycles. The molecule has 1 aliphatic carbocycles. The Balaban J connectivity index is 2.00. The second kappa shape index (κ2) is 4.51. The Morgan fingerprint density at radius 3 is 2.81 bits per heavy atom. The highest BCUT2D eigenvalue weighted by Gasteiger charge is 2.21. The molecular formula is C12H15FN2O.